The van der Waals surface area contributed by atoms with E-state index in [1.54, 1.807) is 6.92 Å². The van der Waals surface area contributed by atoms with Crippen molar-refractivity contribution in [2.75, 3.05) is 6.61 Å². The number of allylic oxidation sites excluding steroid dienone is 1. The summed E-state index contributed by atoms with van der Waals surface area (Å²) in [4.78, 5) is 11.9. The number of ether oxygens (including phenoxy) is 3. The van der Waals surface area contributed by atoms with Gasteiger partial charge in [0.2, 0.25) is 0 Å². The van der Waals surface area contributed by atoms with E-state index in [0.29, 0.717) is 12.8 Å². The van der Waals surface area contributed by atoms with Gasteiger partial charge in [0.05, 0.1) is 24.7 Å². The van der Waals surface area contributed by atoms with E-state index in [2.05, 4.69) is 0 Å². The molecule has 3 aliphatic rings. The molecule has 2 heterocycles. The van der Waals surface area contributed by atoms with Gasteiger partial charge in [0.1, 0.15) is 30.5 Å². The monoisotopic (exact) mass is 430 g/mol. The summed E-state index contributed by atoms with van der Waals surface area (Å²) in [6, 6.07) is 0. The highest BCUT2D eigenvalue weighted by atomic mass is 16.7. The first-order valence-electron chi connectivity index (χ1n) is 10.7. The van der Waals surface area contributed by atoms with E-state index in [0.717, 1.165) is 5.57 Å². The van der Waals surface area contributed by atoms with Crippen LogP contribution in [0.1, 0.15) is 40.0 Å². The lowest BCUT2D eigenvalue weighted by molar-refractivity contribution is -0.309. The molecule has 0 spiro atoms. The molecule has 11 atom stereocenters. The zero-order valence-corrected chi connectivity index (χ0v) is 17.6. The Morgan fingerprint density at radius 2 is 1.90 bits per heavy atom. The molecule has 0 aromatic heterocycles. The molecule has 2 saturated heterocycles. The van der Waals surface area contributed by atoms with Crippen molar-refractivity contribution in [1.82, 2.24) is 0 Å². The van der Waals surface area contributed by atoms with Gasteiger partial charge in [0.15, 0.2) is 6.29 Å². The van der Waals surface area contributed by atoms with E-state index in [9.17, 15) is 30.3 Å². The van der Waals surface area contributed by atoms with Gasteiger partial charge >= 0.3 is 5.97 Å². The summed E-state index contributed by atoms with van der Waals surface area (Å²) in [7, 11) is 0. The second-order valence-corrected chi connectivity index (χ2v) is 8.91. The van der Waals surface area contributed by atoms with E-state index >= 15 is 0 Å². The molecule has 2 fully saturated rings. The minimum Gasteiger partial charge on any atom is -0.462 e. The molecule has 9 nitrogen and oxygen atoms in total. The van der Waals surface area contributed by atoms with Crippen LogP contribution in [-0.2, 0) is 19.0 Å². The third-order valence-electron chi connectivity index (χ3n) is 6.61. The Bertz CT molecular complexity index is 634. The van der Waals surface area contributed by atoms with Gasteiger partial charge in [-0.25, -0.2) is 0 Å². The first-order valence-corrected chi connectivity index (χ1v) is 10.7. The van der Waals surface area contributed by atoms with E-state index in [1.165, 1.54) is 0 Å². The maximum atomic E-state index is 11.9. The Hall–Kier alpha value is -1.07. The van der Waals surface area contributed by atoms with Crippen LogP contribution in [0.15, 0.2) is 11.6 Å². The summed E-state index contributed by atoms with van der Waals surface area (Å²) < 4.78 is 17.0. The van der Waals surface area contributed by atoms with Gasteiger partial charge in [0.25, 0.3) is 0 Å². The molecule has 172 valence electrons. The lowest BCUT2D eigenvalue weighted by atomic mass is 9.86. The largest absolute Gasteiger partial charge is 0.462 e. The molecule has 1 aliphatic carbocycles. The Morgan fingerprint density at radius 3 is 2.53 bits per heavy atom. The molecule has 2 aliphatic heterocycles. The van der Waals surface area contributed by atoms with Crippen molar-refractivity contribution in [3.8, 4) is 0 Å². The van der Waals surface area contributed by atoms with Gasteiger partial charge in [-0.05, 0) is 31.3 Å². The topological polar surface area (TPSA) is 146 Å². The van der Waals surface area contributed by atoms with E-state index in [1.807, 2.05) is 19.9 Å². The zero-order chi connectivity index (χ0) is 22.2. The third-order valence-corrected chi connectivity index (χ3v) is 6.61. The van der Waals surface area contributed by atoms with Crippen molar-refractivity contribution in [2.24, 2.45) is 17.8 Å². The fraction of sp³-hybridized carbons (Fsp3) is 0.857. The maximum absolute atomic E-state index is 11.9. The standard InChI is InChI=1S/C21H34O9/c1-9-6-14-13(11(3)20(27)28-14)5-4-12(9)15(7-10(2)23)29-21-19(26)18(25)17(24)16(8-22)30-21/h4,9-11,13-19,21-26H,5-8H2,1-3H3/t9-,10?,11-,13+,14+,15?,16+,17+,18-,19+,21+/m0/s1. The van der Waals surface area contributed by atoms with Crippen molar-refractivity contribution in [3.63, 3.8) is 0 Å². The van der Waals surface area contributed by atoms with Crippen LogP contribution >= 0.6 is 0 Å². The minimum absolute atomic E-state index is 0.00765. The molecular weight excluding hydrogens is 396 g/mol. The van der Waals surface area contributed by atoms with Gasteiger partial charge in [-0.1, -0.05) is 19.9 Å². The smallest absolute Gasteiger partial charge is 0.309 e. The van der Waals surface area contributed by atoms with Gasteiger partial charge in [-0.3, -0.25) is 4.79 Å². The SMILES string of the molecule is CC(O)CC(O[C@@H]1O[C@H](CO)[C@@H](O)[C@H](O)[C@H]1O)C1=CC[C@@H]2[C@H](C)C(=O)O[C@@H]2C[C@@H]1C. The summed E-state index contributed by atoms with van der Waals surface area (Å²) in [6.45, 7) is 4.95. The number of rotatable bonds is 6. The number of hydrogen-bond donors (Lipinski definition) is 5. The molecule has 30 heavy (non-hydrogen) atoms. The maximum Gasteiger partial charge on any atom is 0.309 e. The molecule has 9 heteroatoms. The summed E-state index contributed by atoms with van der Waals surface area (Å²) in [5.74, 6) is -0.282. The number of hydrogen-bond acceptors (Lipinski definition) is 9. The Morgan fingerprint density at radius 1 is 1.20 bits per heavy atom. The predicted octanol–water partition coefficient (Wildman–Crippen LogP) is -0.524. The summed E-state index contributed by atoms with van der Waals surface area (Å²) >= 11 is 0. The Kier molecular flexibility index (Phi) is 7.55. The van der Waals surface area contributed by atoms with Crippen molar-refractivity contribution >= 4 is 5.97 Å². The highest BCUT2D eigenvalue weighted by Crippen LogP contribution is 2.41. The molecule has 0 amide bonds. The van der Waals surface area contributed by atoms with Crippen LogP contribution in [0, 0.1) is 17.8 Å². The van der Waals surface area contributed by atoms with Crippen LogP contribution in [-0.4, -0.2) is 87.1 Å². The zero-order valence-electron chi connectivity index (χ0n) is 17.6. The van der Waals surface area contributed by atoms with Crippen molar-refractivity contribution in [1.29, 1.82) is 0 Å². The molecule has 0 aromatic rings. The van der Waals surface area contributed by atoms with E-state index in [4.69, 9.17) is 14.2 Å². The lowest BCUT2D eigenvalue weighted by Gasteiger charge is -2.41. The molecule has 0 aromatic carbocycles. The highest BCUT2D eigenvalue weighted by Gasteiger charge is 2.47. The number of fused-ring (bicyclic) bond motifs is 1. The van der Waals surface area contributed by atoms with Gasteiger partial charge in [0, 0.05) is 12.3 Å². The molecule has 3 rings (SSSR count). The van der Waals surface area contributed by atoms with E-state index in [-0.39, 0.29) is 36.2 Å². The molecule has 0 radical (unpaired) electrons. The van der Waals surface area contributed by atoms with Crippen LogP contribution in [0.25, 0.3) is 0 Å². The normalized spacial score (nSPS) is 43.9. The Balaban J connectivity index is 1.80. The number of aliphatic hydroxyl groups is 5. The predicted molar refractivity (Wildman–Crippen MR) is 104 cm³/mol. The van der Waals surface area contributed by atoms with Crippen molar-refractivity contribution in [2.45, 2.75) is 89.1 Å². The van der Waals surface area contributed by atoms with Gasteiger partial charge in [-0.2, -0.15) is 0 Å². The highest BCUT2D eigenvalue weighted by molar-refractivity contribution is 5.74. The van der Waals surface area contributed by atoms with Crippen LogP contribution < -0.4 is 0 Å². The van der Waals surface area contributed by atoms with E-state index < -0.39 is 49.5 Å². The van der Waals surface area contributed by atoms with Crippen LogP contribution in [0.4, 0.5) is 0 Å². The second-order valence-electron chi connectivity index (χ2n) is 8.91. The van der Waals surface area contributed by atoms with Gasteiger partial charge in [-0.15, -0.1) is 0 Å². The van der Waals surface area contributed by atoms with Gasteiger partial charge < -0.3 is 39.7 Å². The number of aliphatic hydroxyl groups excluding tert-OH is 5. The summed E-state index contributed by atoms with van der Waals surface area (Å²) in [5.41, 5.74) is 0.908. The molecule has 2 unspecified atom stereocenters. The first-order chi connectivity index (χ1) is 14.1. The van der Waals surface area contributed by atoms with Crippen LogP contribution in [0.5, 0.6) is 0 Å². The minimum atomic E-state index is -1.53. The quantitative estimate of drug-likeness (QED) is 0.277. The number of esters is 1. The molecular formula is C21H34O9. The second kappa shape index (κ2) is 9.60. The molecule has 0 saturated carbocycles. The molecule has 5 N–H and O–H groups in total. The van der Waals surface area contributed by atoms with Crippen molar-refractivity contribution in [3.05, 3.63) is 11.6 Å². The van der Waals surface area contributed by atoms with Crippen LogP contribution in [0.2, 0.25) is 0 Å². The fourth-order valence-electron chi connectivity index (χ4n) is 4.75. The first kappa shape index (κ1) is 23.6. The number of carbonyl (C=O) groups is 1. The average molecular weight is 430 g/mol. The van der Waals surface area contributed by atoms with Crippen LogP contribution in [0.3, 0.4) is 0 Å². The van der Waals surface area contributed by atoms with Crippen molar-refractivity contribution < 1.29 is 44.5 Å². The fourth-order valence-corrected chi connectivity index (χ4v) is 4.75. The average Bonchev–Trinajstić information content (AvgIpc) is 2.85. The summed E-state index contributed by atoms with van der Waals surface area (Å²) in [6.07, 6.45) is -4.85. The lowest BCUT2D eigenvalue weighted by Crippen LogP contribution is -2.59. The summed E-state index contributed by atoms with van der Waals surface area (Å²) in [5, 5.41) is 49.8. The third kappa shape index (κ3) is 4.72. The number of carbonyl (C=O) groups excluding carboxylic acids is 1. The Labute approximate surface area is 176 Å². The molecule has 0 bridgehead atoms.